The summed E-state index contributed by atoms with van der Waals surface area (Å²) in [7, 11) is 0. The molecule has 1 aliphatic heterocycles. The van der Waals surface area contributed by atoms with Gasteiger partial charge >= 0.3 is 0 Å². The molecule has 2 aromatic heterocycles. The number of nitrogens with two attached hydrogens (primary N) is 1. The summed E-state index contributed by atoms with van der Waals surface area (Å²) >= 11 is 7.16. The van der Waals surface area contributed by atoms with Crippen LogP contribution in [0.1, 0.15) is 16.1 Å². The molecule has 1 aliphatic rings. The van der Waals surface area contributed by atoms with E-state index in [1.165, 1.54) is 17.5 Å². The Morgan fingerprint density at radius 3 is 2.74 bits per heavy atom. The summed E-state index contributed by atoms with van der Waals surface area (Å²) in [5.41, 5.74) is 6.39. The van der Waals surface area contributed by atoms with Gasteiger partial charge < -0.3 is 26.2 Å². The van der Waals surface area contributed by atoms with Gasteiger partial charge in [0.1, 0.15) is 16.5 Å². The fraction of sp³-hybridized carbons (Fsp3) is 0.190. The quantitative estimate of drug-likeness (QED) is 0.418. The molecule has 1 amide bonds. The zero-order valence-corrected chi connectivity index (χ0v) is 18.2. The number of anilines is 4. The molecule has 10 heteroatoms. The third-order valence-corrected chi connectivity index (χ3v) is 5.79. The van der Waals surface area contributed by atoms with Crippen molar-refractivity contribution in [2.45, 2.75) is 6.42 Å². The van der Waals surface area contributed by atoms with Crippen molar-refractivity contribution in [3.8, 4) is 0 Å². The molecule has 4 rings (SSSR count). The second-order valence-electron chi connectivity index (χ2n) is 6.91. The van der Waals surface area contributed by atoms with Crippen LogP contribution in [0.2, 0.25) is 5.02 Å². The minimum absolute atomic E-state index is 0.405. The van der Waals surface area contributed by atoms with Crippen LogP contribution in [-0.2, 0) is 0 Å². The molecule has 4 N–H and O–H groups in total. The number of nitrogens with zero attached hydrogens (tertiary/aromatic N) is 4. The van der Waals surface area contributed by atoms with E-state index in [1.807, 2.05) is 42.5 Å². The summed E-state index contributed by atoms with van der Waals surface area (Å²) in [4.78, 5) is 24.7. The van der Waals surface area contributed by atoms with Crippen molar-refractivity contribution in [2.75, 3.05) is 35.3 Å². The van der Waals surface area contributed by atoms with Gasteiger partial charge in [-0.2, -0.15) is 0 Å². The van der Waals surface area contributed by atoms with Crippen LogP contribution < -0.4 is 21.3 Å². The third kappa shape index (κ3) is 5.65. The van der Waals surface area contributed by atoms with E-state index in [0.29, 0.717) is 15.8 Å². The van der Waals surface area contributed by atoms with Gasteiger partial charge in [-0.05, 0) is 42.8 Å². The summed E-state index contributed by atoms with van der Waals surface area (Å²) < 4.78 is 0. The lowest BCUT2D eigenvalue weighted by Crippen LogP contribution is -2.26. The van der Waals surface area contributed by atoms with Crippen LogP contribution in [0.15, 0.2) is 61.1 Å². The molecule has 0 spiro atoms. The van der Waals surface area contributed by atoms with Crippen LogP contribution in [0.25, 0.3) is 0 Å². The first kappa shape index (κ1) is 21.0. The topological polar surface area (TPSA) is 99.4 Å². The van der Waals surface area contributed by atoms with Gasteiger partial charge in [-0.3, -0.25) is 4.79 Å². The number of hydrogen-bond donors (Lipinski definition) is 3. The molecule has 0 saturated heterocycles. The van der Waals surface area contributed by atoms with E-state index < -0.39 is 5.91 Å². The van der Waals surface area contributed by atoms with Crippen molar-refractivity contribution in [1.82, 2.24) is 14.9 Å². The van der Waals surface area contributed by atoms with Crippen LogP contribution in [0.3, 0.4) is 0 Å². The summed E-state index contributed by atoms with van der Waals surface area (Å²) in [6.07, 6.45) is 6.60. The highest BCUT2D eigenvalue weighted by Crippen LogP contribution is 2.23. The normalized spacial score (nSPS) is 12.9. The first-order valence-corrected chi connectivity index (χ1v) is 10.9. The molecule has 160 valence electrons. The molecule has 0 radical (unpaired) electrons. The predicted molar refractivity (Wildman–Crippen MR) is 126 cm³/mol. The predicted octanol–water partition coefficient (Wildman–Crippen LogP) is 4.09. The standard InChI is InChI=1S/C21H22ClN7OS/c22-15-5-7-16(8-6-15)29-12-11-28(14-29)10-2-9-24-18-3-1-4-19(26-18)27-21-25-13-17(31-21)20(23)30/h1,3-8,11-13H,2,9-10,14H2,(H2,23,30)(H2,24,25,26,27). The Balaban J connectivity index is 1.21. The van der Waals surface area contributed by atoms with Crippen molar-refractivity contribution < 1.29 is 4.79 Å². The maximum Gasteiger partial charge on any atom is 0.260 e. The van der Waals surface area contributed by atoms with E-state index in [4.69, 9.17) is 17.3 Å². The van der Waals surface area contributed by atoms with Crippen molar-refractivity contribution in [1.29, 1.82) is 0 Å². The fourth-order valence-electron chi connectivity index (χ4n) is 3.07. The zero-order chi connectivity index (χ0) is 21.6. The molecule has 0 unspecified atom stereocenters. The molecule has 0 saturated carbocycles. The van der Waals surface area contributed by atoms with Gasteiger partial charge in [0.15, 0.2) is 5.13 Å². The van der Waals surface area contributed by atoms with Crippen molar-refractivity contribution in [2.24, 2.45) is 5.73 Å². The lowest BCUT2D eigenvalue weighted by molar-refractivity contribution is 0.100. The second kappa shape index (κ2) is 9.67. The minimum Gasteiger partial charge on any atom is -0.370 e. The number of hydrogen-bond acceptors (Lipinski definition) is 8. The van der Waals surface area contributed by atoms with Crippen LogP contribution in [0.5, 0.6) is 0 Å². The molecule has 0 bridgehead atoms. The van der Waals surface area contributed by atoms with Crippen LogP contribution >= 0.6 is 22.9 Å². The Labute approximate surface area is 189 Å². The number of primary amides is 1. The van der Waals surface area contributed by atoms with Gasteiger partial charge in [-0.25, -0.2) is 9.97 Å². The highest BCUT2D eigenvalue weighted by molar-refractivity contribution is 7.17. The van der Waals surface area contributed by atoms with E-state index >= 15 is 0 Å². The molecular weight excluding hydrogens is 434 g/mol. The Bertz CT molecular complexity index is 1070. The Morgan fingerprint density at radius 2 is 1.97 bits per heavy atom. The van der Waals surface area contributed by atoms with Gasteiger partial charge in [0.25, 0.3) is 5.91 Å². The maximum absolute atomic E-state index is 11.2. The molecule has 0 aliphatic carbocycles. The number of aromatic nitrogens is 2. The third-order valence-electron chi connectivity index (χ3n) is 4.61. The smallest absolute Gasteiger partial charge is 0.260 e. The molecule has 31 heavy (non-hydrogen) atoms. The van der Waals surface area contributed by atoms with E-state index in [1.54, 1.807) is 0 Å². The summed E-state index contributed by atoms with van der Waals surface area (Å²) in [6, 6.07) is 13.5. The average Bonchev–Trinajstić information content (AvgIpc) is 3.42. The van der Waals surface area contributed by atoms with Crippen molar-refractivity contribution >= 4 is 51.3 Å². The number of amides is 1. The molecule has 0 fully saturated rings. The van der Waals surface area contributed by atoms with Crippen LogP contribution in [0, 0.1) is 0 Å². The van der Waals surface area contributed by atoms with Crippen LogP contribution in [-0.4, -0.2) is 40.5 Å². The number of benzene rings is 1. The molecule has 8 nitrogen and oxygen atoms in total. The number of nitrogens with one attached hydrogen (secondary N) is 2. The van der Waals surface area contributed by atoms with Crippen molar-refractivity contribution in [3.05, 3.63) is 71.0 Å². The maximum atomic E-state index is 11.2. The van der Waals surface area contributed by atoms with E-state index in [-0.39, 0.29) is 0 Å². The first-order valence-electron chi connectivity index (χ1n) is 9.75. The average molecular weight is 456 g/mol. The SMILES string of the molecule is NC(=O)c1cnc(Nc2cccc(NCCCN3C=CN(c4ccc(Cl)cc4)C3)n2)s1. The zero-order valence-electron chi connectivity index (χ0n) is 16.7. The highest BCUT2D eigenvalue weighted by atomic mass is 35.5. The number of halogens is 1. The number of thiazole rings is 1. The molecule has 1 aromatic carbocycles. The van der Waals surface area contributed by atoms with E-state index in [0.717, 1.165) is 42.7 Å². The number of rotatable bonds is 9. The van der Waals surface area contributed by atoms with Crippen LogP contribution in [0.4, 0.5) is 22.5 Å². The second-order valence-corrected chi connectivity index (χ2v) is 8.37. The molecule has 0 atom stereocenters. The largest absolute Gasteiger partial charge is 0.370 e. The van der Waals surface area contributed by atoms with Gasteiger partial charge in [-0.15, -0.1) is 0 Å². The Morgan fingerprint density at radius 1 is 1.16 bits per heavy atom. The lowest BCUT2D eigenvalue weighted by Gasteiger charge is -2.21. The van der Waals surface area contributed by atoms with Gasteiger partial charge in [0, 0.05) is 36.2 Å². The Hall–Kier alpha value is -3.30. The van der Waals surface area contributed by atoms with Gasteiger partial charge in [-0.1, -0.05) is 29.0 Å². The van der Waals surface area contributed by atoms with Gasteiger partial charge in [0.2, 0.25) is 0 Å². The minimum atomic E-state index is -0.488. The summed E-state index contributed by atoms with van der Waals surface area (Å²) in [5.74, 6) is 0.936. The number of carbonyl (C=O) groups is 1. The monoisotopic (exact) mass is 455 g/mol. The number of pyridine rings is 1. The molecule has 3 aromatic rings. The summed E-state index contributed by atoms with van der Waals surface area (Å²) in [5, 5.41) is 7.76. The molecule has 3 heterocycles. The highest BCUT2D eigenvalue weighted by Gasteiger charge is 2.13. The lowest BCUT2D eigenvalue weighted by atomic mass is 10.3. The number of carbonyl (C=O) groups excluding carboxylic acids is 1. The van der Waals surface area contributed by atoms with Gasteiger partial charge in [0.05, 0.1) is 12.9 Å². The van der Waals surface area contributed by atoms with E-state index in [2.05, 4.69) is 42.8 Å². The Kier molecular flexibility index (Phi) is 6.54. The van der Waals surface area contributed by atoms with Crippen molar-refractivity contribution in [3.63, 3.8) is 0 Å². The molecular formula is C21H22ClN7OS. The summed E-state index contributed by atoms with van der Waals surface area (Å²) in [6.45, 7) is 2.55. The van der Waals surface area contributed by atoms with E-state index in [9.17, 15) is 4.79 Å². The fourth-order valence-corrected chi connectivity index (χ4v) is 3.87. The first-order chi connectivity index (χ1) is 15.1.